The number of carbonyl (C=O) groups is 1. The molecule has 3 aromatic rings. The molecule has 0 saturated heterocycles. The van der Waals surface area contributed by atoms with E-state index in [0.717, 1.165) is 10.2 Å². The first-order valence-corrected chi connectivity index (χ1v) is 8.03. The van der Waals surface area contributed by atoms with Crippen LogP contribution in [0.4, 0.5) is 5.69 Å². The quantitative estimate of drug-likeness (QED) is 0.715. The molecule has 120 valence electrons. The van der Waals surface area contributed by atoms with E-state index in [0.29, 0.717) is 22.9 Å². The number of pyridine rings is 2. The lowest BCUT2D eigenvalue weighted by Gasteiger charge is -2.07. The molecule has 1 amide bonds. The second-order valence-electron chi connectivity index (χ2n) is 5.08. The Hall–Kier alpha value is -2.73. The van der Waals surface area contributed by atoms with E-state index < -0.39 is 0 Å². The topological polar surface area (TPSA) is 64.1 Å². The van der Waals surface area contributed by atoms with Crippen LogP contribution in [-0.4, -0.2) is 15.9 Å². The van der Waals surface area contributed by atoms with E-state index in [-0.39, 0.29) is 5.91 Å². The minimum atomic E-state index is -0.234. The Morgan fingerprint density at radius 2 is 2.00 bits per heavy atom. The number of hydrogen-bond donors (Lipinski definition) is 1. The number of ether oxygens (including phenoxy) is 1. The minimum Gasteiger partial charge on any atom is -0.439 e. The molecule has 1 N–H and O–H groups in total. The molecular formula is C18H14BrN3O2. The summed E-state index contributed by atoms with van der Waals surface area (Å²) < 4.78 is 6.57. The number of benzene rings is 1. The van der Waals surface area contributed by atoms with Crippen molar-refractivity contribution >= 4 is 27.5 Å². The maximum atomic E-state index is 12.2. The van der Waals surface area contributed by atoms with Gasteiger partial charge in [-0.25, -0.2) is 4.98 Å². The molecule has 0 aliphatic rings. The normalized spacial score (nSPS) is 10.2. The number of hydrogen-bond acceptors (Lipinski definition) is 4. The van der Waals surface area contributed by atoms with Gasteiger partial charge in [0, 0.05) is 34.3 Å². The second-order valence-corrected chi connectivity index (χ2v) is 6.00. The molecule has 0 fully saturated rings. The minimum absolute atomic E-state index is 0.234. The van der Waals surface area contributed by atoms with Crippen LogP contribution in [0, 0.1) is 6.92 Å². The van der Waals surface area contributed by atoms with Crippen molar-refractivity contribution < 1.29 is 9.53 Å². The van der Waals surface area contributed by atoms with Crippen LogP contribution < -0.4 is 10.1 Å². The Labute approximate surface area is 147 Å². The molecule has 0 aliphatic carbocycles. The zero-order valence-corrected chi connectivity index (χ0v) is 14.4. The number of carbonyl (C=O) groups excluding carboxylic acids is 1. The molecule has 6 heteroatoms. The summed E-state index contributed by atoms with van der Waals surface area (Å²) in [5.74, 6) is 0.854. The van der Waals surface area contributed by atoms with Crippen molar-refractivity contribution in [1.82, 2.24) is 9.97 Å². The predicted octanol–water partition coefficient (Wildman–Crippen LogP) is 4.59. The summed E-state index contributed by atoms with van der Waals surface area (Å²) in [5, 5.41) is 2.81. The molecule has 3 rings (SSSR count). The van der Waals surface area contributed by atoms with E-state index in [4.69, 9.17) is 4.74 Å². The Balaban J connectivity index is 1.68. The molecule has 0 unspecified atom stereocenters. The number of aryl methyl sites for hydroxylation is 1. The molecule has 1 aromatic carbocycles. The second kappa shape index (κ2) is 7.23. The standard InChI is InChI=1S/C18H14BrN3O2/c1-12-9-15(7-8-20-12)22-18(23)13-5-6-17(21-11-13)24-16-4-2-3-14(19)10-16/h2-11H,1H3,(H,20,22,23). The van der Waals surface area contributed by atoms with Crippen LogP contribution in [0.25, 0.3) is 0 Å². The maximum absolute atomic E-state index is 12.2. The van der Waals surface area contributed by atoms with Crippen LogP contribution in [-0.2, 0) is 0 Å². The molecule has 24 heavy (non-hydrogen) atoms. The first-order valence-electron chi connectivity index (χ1n) is 7.24. The summed E-state index contributed by atoms with van der Waals surface area (Å²) in [5.41, 5.74) is 1.98. The average Bonchev–Trinajstić information content (AvgIpc) is 2.55. The summed E-state index contributed by atoms with van der Waals surface area (Å²) >= 11 is 3.38. The SMILES string of the molecule is Cc1cc(NC(=O)c2ccc(Oc3cccc(Br)c3)nc2)ccn1. The van der Waals surface area contributed by atoms with E-state index in [1.807, 2.05) is 31.2 Å². The summed E-state index contributed by atoms with van der Waals surface area (Å²) in [6.07, 6.45) is 3.13. The zero-order chi connectivity index (χ0) is 16.9. The van der Waals surface area contributed by atoms with E-state index in [9.17, 15) is 4.79 Å². The fourth-order valence-corrected chi connectivity index (χ4v) is 2.43. The highest BCUT2D eigenvalue weighted by Gasteiger charge is 2.08. The van der Waals surface area contributed by atoms with Gasteiger partial charge in [-0.2, -0.15) is 0 Å². The first-order chi connectivity index (χ1) is 11.6. The smallest absolute Gasteiger partial charge is 0.257 e. The molecule has 2 aromatic heterocycles. The van der Waals surface area contributed by atoms with Crippen LogP contribution in [0.2, 0.25) is 0 Å². The Bertz CT molecular complexity index is 866. The van der Waals surface area contributed by atoms with E-state index in [1.54, 1.807) is 30.5 Å². The fourth-order valence-electron chi connectivity index (χ4n) is 2.05. The number of nitrogens with zero attached hydrogens (tertiary/aromatic N) is 2. The van der Waals surface area contributed by atoms with Crippen molar-refractivity contribution in [2.75, 3.05) is 5.32 Å². The maximum Gasteiger partial charge on any atom is 0.257 e. The Kier molecular flexibility index (Phi) is 4.86. The van der Waals surface area contributed by atoms with E-state index in [2.05, 4.69) is 31.2 Å². The lowest BCUT2D eigenvalue weighted by atomic mass is 10.2. The zero-order valence-electron chi connectivity index (χ0n) is 12.9. The van der Waals surface area contributed by atoms with Crippen molar-refractivity contribution in [1.29, 1.82) is 0 Å². The molecular weight excluding hydrogens is 370 g/mol. The van der Waals surface area contributed by atoms with Gasteiger partial charge in [0.15, 0.2) is 0 Å². The molecule has 0 spiro atoms. The van der Waals surface area contributed by atoms with Crippen molar-refractivity contribution in [2.45, 2.75) is 6.92 Å². The Morgan fingerprint density at radius 3 is 2.71 bits per heavy atom. The molecule has 2 heterocycles. The lowest BCUT2D eigenvalue weighted by molar-refractivity contribution is 0.102. The van der Waals surface area contributed by atoms with Crippen molar-refractivity contribution in [3.8, 4) is 11.6 Å². The van der Waals surface area contributed by atoms with Crippen molar-refractivity contribution in [3.63, 3.8) is 0 Å². The number of amides is 1. The molecule has 0 aliphatic heterocycles. The van der Waals surface area contributed by atoms with E-state index >= 15 is 0 Å². The van der Waals surface area contributed by atoms with Gasteiger partial charge in [0.2, 0.25) is 5.88 Å². The molecule has 0 saturated carbocycles. The van der Waals surface area contributed by atoms with Gasteiger partial charge in [-0.15, -0.1) is 0 Å². The summed E-state index contributed by atoms with van der Waals surface area (Å²) in [7, 11) is 0. The molecule has 0 radical (unpaired) electrons. The average molecular weight is 384 g/mol. The van der Waals surface area contributed by atoms with Crippen LogP contribution >= 0.6 is 15.9 Å². The molecule has 5 nitrogen and oxygen atoms in total. The molecule has 0 bridgehead atoms. The van der Waals surface area contributed by atoms with Gasteiger partial charge < -0.3 is 10.1 Å². The summed E-state index contributed by atoms with van der Waals surface area (Å²) in [4.78, 5) is 20.5. The fraction of sp³-hybridized carbons (Fsp3) is 0.0556. The number of anilines is 1. The van der Waals surface area contributed by atoms with Crippen LogP contribution in [0.1, 0.15) is 16.1 Å². The summed E-state index contributed by atoms with van der Waals surface area (Å²) in [6.45, 7) is 1.87. The number of nitrogens with one attached hydrogen (secondary N) is 1. The predicted molar refractivity (Wildman–Crippen MR) is 95.4 cm³/mol. The summed E-state index contributed by atoms with van der Waals surface area (Å²) in [6, 6.07) is 14.3. The highest BCUT2D eigenvalue weighted by atomic mass is 79.9. The van der Waals surface area contributed by atoms with Crippen molar-refractivity contribution in [3.05, 3.63) is 76.7 Å². The third kappa shape index (κ3) is 4.17. The third-order valence-electron chi connectivity index (χ3n) is 3.17. The van der Waals surface area contributed by atoms with Crippen LogP contribution in [0.15, 0.2) is 65.4 Å². The van der Waals surface area contributed by atoms with E-state index in [1.165, 1.54) is 6.20 Å². The van der Waals surface area contributed by atoms with Crippen LogP contribution in [0.5, 0.6) is 11.6 Å². The third-order valence-corrected chi connectivity index (χ3v) is 3.66. The van der Waals surface area contributed by atoms with Gasteiger partial charge in [-0.3, -0.25) is 9.78 Å². The molecule has 0 atom stereocenters. The first kappa shape index (κ1) is 16.1. The van der Waals surface area contributed by atoms with Crippen molar-refractivity contribution in [2.24, 2.45) is 0 Å². The van der Waals surface area contributed by atoms with Crippen LogP contribution in [0.3, 0.4) is 0 Å². The number of rotatable bonds is 4. The highest BCUT2D eigenvalue weighted by molar-refractivity contribution is 9.10. The van der Waals surface area contributed by atoms with Gasteiger partial charge in [0.25, 0.3) is 5.91 Å². The highest BCUT2D eigenvalue weighted by Crippen LogP contribution is 2.23. The largest absolute Gasteiger partial charge is 0.439 e. The number of aromatic nitrogens is 2. The van der Waals surface area contributed by atoms with Gasteiger partial charge in [0.05, 0.1) is 5.56 Å². The number of halogens is 1. The van der Waals surface area contributed by atoms with Gasteiger partial charge >= 0.3 is 0 Å². The lowest BCUT2D eigenvalue weighted by Crippen LogP contribution is -2.12. The monoisotopic (exact) mass is 383 g/mol. The van der Waals surface area contributed by atoms with Gasteiger partial charge in [-0.1, -0.05) is 22.0 Å². The Morgan fingerprint density at radius 1 is 1.12 bits per heavy atom. The van der Waals surface area contributed by atoms with Gasteiger partial charge in [-0.05, 0) is 43.3 Å². The van der Waals surface area contributed by atoms with Gasteiger partial charge in [0.1, 0.15) is 5.75 Å².